The third-order valence-electron chi connectivity index (χ3n) is 5.46. The summed E-state index contributed by atoms with van der Waals surface area (Å²) in [5.41, 5.74) is 3.70. The zero-order valence-electron chi connectivity index (χ0n) is 15.4. The number of nitrogens with zero attached hydrogens (tertiary/aromatic N) is 2. The molecule has 2 aliphatic rings. The van der Waals surface area contributed by atoms with Crippen molar-refractivity contribution >= 4 is 39.1 Å². The number of imide groups is 1. The van der Waals surface area contributed by atoms with Crippen molar-refractivity contribution < 1.29 is 14.3 Å². The molecule has 0 radical (unpaired) electrons. The molecule has 0 saturated heterocycles. The van der Waals surface area contributed by atoms with E-state index in [1.807, 2.05) is 42.5 Å². The molecular weight excluding hydrogens is 372 g/mol. The van der Waals surface area contributed by atoms with Gasteiger partial charge in [-0.05, 0) is 67.5 Å². The van der Waals surface area contributed by atoms with E-state index in [1.54, 1.807) is 7.11 Å². The van der Waals surface area contributed by atoms with Crippen LogP contribution in [-0.2, 0) is 9.59 Å². The monoisotopic (exact) mass is 390 g/mol. The molecule has 2 aromatic carbocycles. The number of amides is 2. The van der Waals surface area contributed by atoms with Crippen LogP contribution < -0.4 is 9.64 Å². The number of para-hydroxylation sites is 1. The second kappa shape index (κ2) is 6.56. The van der Waals surface area contributed by atoms with Crippen LogP contribution in [0.1, 0.15) is 25.7 Å². The van der Waals surface area contributed by atoms with Gasteiger partial charge in [0.25, 0.3) is 11.8 Å². The largest absolute Gasteiger partial charge is 0.496 e. The van der Waals surface area contributed by atoms with Crippen LogP contribution in [0.2, 0.25) is 0 Å². The highest BCUT2D eigenvalue weighted by molar-refractivity contribution is 7.13. The Hall–Kier alpha value is -2.99. The summed E-state index contributed by atoms with van der Waals surface area (Å²) in [6.07, 6.45) is 3.34. The van der Waals surface area contributed by atoms with Crippen LogP contribution >= 0.6 is 11.5 Å². The Morgan fingerprint density at radius 2 is 1.71 bits per heavy atom. The number of hydrogen-bond donors (Lipinski definition) is 0. The minimum atomic E-state index is -0.166. The zero-order chi connectivity index (χ0) is 19.3. The minimum absolute atomic E-state index is 0.166. The summed E-state index contributed by atoms with van der Waals surface area (Å²) < 4.78 is 11.1. The Morgan fingerprint density at radius 1 is 1.00 bits per heavy atom. The quantitative estimate of drug-likeness (QED) is 0.608. The van der Waals surface area contributed by atoms with Gasteiger partial charge in [0.1, 0.15) is 5.75 Å². The summed E-state index contributed by atoms with van der Waals surface area (Å²) in [6.45, 7) is 0. The van der Waals surface area contributed by atoms with Gasteiger partial charge >= 0.3 is 0 Å². The van der Waals surface area contributed by atoms with Crippen molar-refractivity contribution in [3.63, 3.8) is 0 Å². The molecule has 2 amide bonds. The number of methoxy groups -OCH3 is 1. The van der Waals surface area contributed by atoms with Gasteiger partial charge in [-0.25, -0.2) is 4.90 Å². The second-order valence-electron chi connectivity index (χ2n) is 7.02. The van der Waals surface area contributed by atoms with Crippen molar-refractivity contribution in [1.29, 1.82) is 0 Å². The molecule has 0 atom stereocenters. The van der Waals surface area contributed by atoms with Gasteiger partial charge in [0.05, 0.1) is 23.2 Å². The van der Waals surface area contributed by atoms with Crippen molar-refractivity contribution in [3.8, 4) is 17.0 Å². The maximum Gasteiger partial charge on any atom is 0.261 e. The van der Waals surface area contributed by atoms with Crippen LogP contribution in [0.5, 0.6) is 5.75 Å². The van der Waals surface area contributed by atoms with Crippen molar-refractivity contribution in [2.45, 2.75) is 25.7 Å². The summed E-state index contributed by atoms with van der Waals surface area (Å²) in [7, 11) is 1.64. The van der Waals surface area contributed by atoms with Crippen LogP contribution in [-0.4, -0.2) is 23.3 Å². The second-order valence-corrected chi connectivity index (χ2v) is 7.83. The summed E-state index contributed by atoms with van der Waals surface area (Å²) >= 11 is 1.40. The van der Waals surface area contributed by atoms with E-state index < -0.39 is 0 Å². The fraction of sp³-hybridized carbons (Fsp3) is 0.227. The highest BCUT2D eigenvalue weighted by Gasteiger charge is 2.39. The molecule has 0 fully saturated rings. The third-order valence-corrected chi connectivity index (χ3v) is 6.29. The number of ether oxygens (including phenoxy) is 1. The van der Waals surface area contributed by atoms with Gasteiger partial charge in [0.2, 0.25) is 0 Å². The van der Waals surface area contributed by atoms with Gasteiger partial charge in [-0.15, -0.1) is 0 Å². The average Bonchev–Trinajstić information content (AvgIpc) is 3.27. The van der Waals surface area contributed by atoms with E-state index in [1.165, 1.54) is 16.4 Å². The van der Waals surface area contributed by atoms with Crippen molar-refractivity contribution in [1.82, 2.24) is 4.37 Å². The summed E-state index contributed by atoms with van der Waals surface area (Å²) in [5, 5.41) is 0.914. The minimum Gasteiger partial charge on any atom is -0.496 e. The van der Waals surface area contributed by atoms with Gasteiger partial charge in [-0.3, -0.25) is 9.59 Å². The normalized spacial score (nSPS) is 16.8. The summed E-state index contributed by atoms with van der Waals surface area (Å²) in [5.74, 6) is 0.410. The lowest BCUT2D eigenvalue weighted by atomic mass is 9.93. The molecule has 1 aliphatic carbocycles. The number of aromatic nitrogens is 1. The van der Waals surface area contributed by atoms with E-state index in [0.717, 1.165) is 39.9 Å². The molecule has 6 heteroatoms. The number of benzene rings is 2. The average molecular weight is 390 g/mol. The topological polar surface area (TPSA) is 59.5 Å². The standard InChI is InChI=1S/C22H18N2O3S/c1-27-18-9-5-4-8-16(18)20-17-12-13(10-11-19(17)28-23-20)24-21(25)14-6-2-3-7-15(14)22(24)26/h4-5,8-12H,2-3,6-7H2,1H3. The number of fused-ring (bicyclic) bond motifs is 1. The number of carbonyl (C=O) groups excluding carboxylic acids is 2. The Labute approximate surface area is 166 Å². The maximum absolute atomic E-state index is 12.9. The van der Waals surface area contributed by atoms with Gasteiger partial charge in [-0.1, -0.05) is 12.1 Å². The summed E-state index contributed by atoms with van der Waals surface area (Å²) in [6, 6.07) is 13.4. The summed E-state index contributed by atoms with van der Waals surface area (Å²) in [4.78, 5) is 27.1. The third kappa shape index (κ3) is 2.48. The van der Waals surface area contributed by atoms with Gasteiger partial charge < -0.3 is 4.74 Å². The predicted molar refractivity (Wildman–Crippen MR) is 110 cm³/mol. The highest BCUT2D eigenvalue weighted by atomic mass is 32.1. The molecule has 3 aromatic rings. The van der Waals surface area contributed by atoms with Crippen LogP contribution in [0, 0.1) is 0 Å². The lowest BCUT2D eigenvalue weighted by Gasteiger charge is -2.15. The molecule has 0 unspecified atom stereocenters. The van der Waals surface area contributed by atoms with Crippen molar-refractivity contribution in [3.05, 3.63) is 53.6 Å². The fourth-order valence-corrected chi connectivity index (χ4v) is 4.84. The van der Waals surface area contributed by atoms with Crippen LogP contribution in [0.4, 0.5) is 5.69 Å². The molecule has 1 aromatic heterocycles. The lowest BCUT2D eigenvalue weighted by Crippen LogP contribution is -2.31. The Morgan fingerprint density at radius 3 is 2.43 bits per heavy atom. The first-order chi connectivity index (χ1) is 13.7. The van der Waals surface area contributed by atoms with E-state index >= 15 is 0 Å². The molecule has 1 aliphatic heterocycles. The van der Waals surface area contributed by atoms with Crippen molar-refractivity contribution in [2.24, 2.45) is 0 Å². The Kier molecular flexibility index (Phi) is 4.02. The molecule has 0 saturated carbocycles. The maximum atomic E-state index is 12.9. The van der Waals surface area contributed by atoms with Crippen LogP contribution in [0.3, 0.4) is 0 Å². The Balaban J connectivity index is 1.61. The molecule has 5 nitrogen and oxygen atoms in total. The number of hydrogen-bond acceptors (Lipinski definition) is 5. The Bertz CT molecular complexity index is 1130. The molecule has 0 N–H and O–H groups in total. The van der Waals surface area contributed by atoms with E-state index in [9.17, 15) is 9.59 Å². The molecule has 140 valence electrons. The van der Waals surface area contributed by atoms with E-state index in [4.69, 9.17) is 4.74 Å². The van der Waals surface area contributed by atoms with Gasteiger partial charge in [0, 0.05) is 22.1 Å². The molecule has 5 rings (SSSR count). The van der Waals surface area contributed by atoms with Crippen molar-refractivity contribution in [2.75, 3.05) is 12.0 Å². The first-order valence-corrected chi connectivity index (χ1v) is 10.1. The highest BCUT2D eigenvalue weighted by Crippen LogP contribution is 2.40. The lowest BCUT2D eigenvalue weighted by molar-refractivity contribution is -0.120. The number of carbonyl (C=O) groups is 2. The number of anilines is 1. The van der Waals surface area contributed by atoms with E-state index in [-0.39, 0.29) is 11.8 Å². The van der Waals surface area contributed by atoms with E-state index in [0.29, 0.717) is 29.7 Å². The number of rotatable bonds is 3. The van der Waals surface area contributed by atoms with Crippen LogP contribution in [0.15, 0.2) is 53.6 Å². The first kappa shape index (κ1) is 17.1. The molecule has 0 spiro atoms. The van der Waals surface area contributed by atoms with Gasteiger partial charge in [-0.2, -0.15) is 4.37 Å². The SMILES string of the molecule is COc1ccccc1-c1nsc2ccc(N3C(=O)C4=C(CCCC4)C3=O)cc12. The zero-order valence-corrected chi connectivity index (χ0v) is 16.2. The molecular formula is C22H18N2O3S. The molecule has 0 bridgehead atoms. The van der Waals surface area contributed by atoms with Gasteiger partial charge in [0.15, 0.2) is 0 Å². The fourth-order valence-electron chi connectivity index (χ4n) is 4.07. The molecule has 28 heavy (non-hydrogen) atoms. The predicted octanol–water partition coefficient (Wildman–Crippen LogP) is 4.72. The molecule has 2 heterocycles. The first-order valence-electron chi connectivity index (χ1n) is 9.32. The van der Waals surface area contributed by atoms with Crippen LogP contribution in [0.25, 0.3) is 21.3 Å². The van der Waals surface area contributed by atoms with E-state index in [2.05, 4.69) is 4.37 Å². The smallest absolute Gasteiger partial charge is 0.261 e.